The van der Waals surface area contributed by atoms with Gasteiger partial charge in [0.1, 0.15) is 12.2 Å². The maximum atomic E-state index is 12.5. The van der Waals surface area contributed by atoms with E-state index in [2.05, 4.69) is 31.3 Å². The number of carbonyl (C=O) groups excluding carboxylic acids is 1. The summed E-state index contributed by atoms with van der Waals surface area (Å²) in [6, 6.07) is -0.996. The molecule has 0 aromatic rings. The van der Waals surface area contributed by atoms with Gasteiger partial charge in [-0.25, -0.2) is 0 Å². The molecule has 6 heteroatoms. The summed E-state index contributed by atoms with van der Waals surface area (Å²) in [4.78, 5) is 12.5. The van der Waals surface area contributed by atoms with E-state index < -0.39 is 36.9 Å². The van der Waals surface area contributed by atoms with E-state index in [1.807, 2.05) is 0 Å². The molecule has 292 valence electrons. The predicted octanol–water partition coefficient (Wildman–Crippen LogP) is 11.0. The molecule has 1 amide bonds. The SMILES string of the molecule is CCCCCCCCCCCC/C=C/CCCC(O)C(O)C(CO)NC(=O)C(O)CCCCCCCCCCCCCCCCCCCC. The van der Waals surface area contributed by atoms with Crippen LogP contribution in [0.1, 0.15) is 226 Å². The van der Waals surface area contributed by atoms with Crippen molar-refractivity contribution in [2.24, 2.45) is 0 Å². The van der Waals surface area contributed by atoms with Gasteiger partial charge in [0.25, 0.3) is 0 Å². The molecule has 5 N–H and O–H groups in total. The van der Waals surface area contributed by atoms with Crippen LogP contribution < -0.4 is 5.32 Å². The average Bonchev–Trinajstić information content (AvgIpc) is 3.11. The van der Waals surface area contributed by atoms with Crippen LogP contribution in [0.5, 0.6) is 0 Å². The number of aliphatic hydroxyl groups is 4. The van der Waals surface area contributed by atoms with Crippen LogP contribution >= 0.6 is 0 Å². The molecule has 0 aromatic heterocycles. The van der Waals surface area contributed by atoms with Crippen LogP contribution in [0.3, 0.4) is 0 Å². The van der Waals surface area contributed by atoms with Crippen LogP contribution in [-0.4, -0.2) is 57.3 Å². The van der Waals surface area contributed by atoms with E-state index in [0.29, 0.717) is 12.8 Å². The fourth-order valence-electron chi connectivity index (χ4n) is 6.76. The first-order chi connectivity index (χ1) is 24.0. The molecular formula is C43H85NO5. The number of nitrogens with one attached hydrogen (secondary N) is 1. The first-order valence-corrected chi connectivity index (χ1v) is 21.6. The molecule has 0 bridgehead atoms. The average molecular weight is 696 g/mol. The summed E-state index contributed by atoms with van der Waals surface area (Å²) in [6.45, 7) is 4.04. The molecule has 0 fully saturated rings. The summed E-state index contributed by atoms with van der Waals surface area (Å²) in [5, 5.41) is 43.6. The number of allylic oxidation sites excluding steroid dienone is 2. The Morgan fingerprint density at radius 1 is 0.490 bits per heavy atom. The van der Waals surface area contributed by atoms with Gasteiger partial charge in [-0.1, -0.05) is 199 Å². The topological polar surface area (TPSA) is 110 Å². The van der Waals surface area contributed by atoms with Gasteiger partial charge in [-0.15, -0.1) is 0 Å². The molecule has 0 aliphatic carbocycles. The summed E-state index contributed by atoms with van der Waals surface area (Å²) in [5.74, 6) is -0.591. The second-order valence-corrected chi connectivity index (χ2v) is 15.0. The van der Waals surface area contributed by atoms with Crippen LogP contribution in [0.2, 0.25) is 0 Å². The van der Waals surface area contributed by atoms with Gasteiger partial charge in [0.15, 0.2) is 0 Å². The number of hydrogen-bond donors (Lipinski definition) is 5. The van der Waals surface area contributed by atoms with Crippen LogP contribution in [0.15, 0.2) is 12.2 Å². The molecule has 0 rings (SSSR count). The maximum absolute atomic E-state index is 12.5. The van der Waals surface area contributed by atoms with E-state index in [0.717, 1.165) is 38.5 Å². The number of unbranched alkanes of at least 4 members (excludes halogenated alkanes) is 28. The zero-order valence-corrected chi connectivity index (χ0v) is 32.7. The zero-order chi connectivity index (χ0) is 36.0. The second-order valence-electron chi connectivity index (χ2n) is 15.0. The normalized spacial score (nSPS) is 14.3. The molecule has 0 aromatic carbocycles. The van der Waals surface area contributed by atoms with Gasteiger partial charge in [0.2, 0.25) is 5.91 Å². The Labute approximate surface area is 304 Å². The first-order valence-electron chi connectivity index (χ1n) is 21.6. The standard InChI is InChI=1S/C43H85NO5/c1-3-5-7-9-11-13-15-17-19-20-21-23-25-27-29-31-33-35-37-41(47)43(49)44-39(38-45)42(48)40(46)36-34-32-30-28-26-24-22-18-16-14-12-10-8-6-4-2/h28,30,39-42,45-48H,3-27,29,31-38H2,1-2H3,(H,44,49)/b30-28+. The minimum Gasteiger partial charge on any atom is -0.394 e. The summed E-state index contributed by atoms with van der Waals surface area (Å²) in [5.41, 5.74) is 0. The van der Waals surface area contributed by atoms with Gasteiger partial charge >= 0.3 is 0 Å². The van der Waals surface area contributed by atoms with Crippen molar-refractivity contribution in [3.63, 3.8) is 0 Å². The Morgan fingerprint density at radius 2 is 0.837 bits per heavy atom. The lowest BCUT2D eigenvalue weighted by Gasteiger charge is -2.27. The molecule has 0 saturated heterocycles. The van der Waals surface area contributed by atoms with Crippen LogP contribution in [0, 0.1) is 0 Å². The van der Waals surface area contributed by atoms with Gasteiger partial charge in [-0.05, 0) is 38.5 Å². The number of carbonyl (C=O) groups is 1. The minimum atomic E-state index is -1.28. The van der Waals surface area contributed by atoms with Gasteiger partial charge in [0.05, 0.1) is 18.8 Å². The van der Waals surface area contributed by atoms with Gasteiger partial charge in [-0.3, -0.25) is 4.79 Å². The van der Waals surface area contributed by atoms with Crippen molar-refractivity contribution < 1.29 is 25.2 Å². The Morgan fingerprint density at radius 3 is 1.22 bits per heavy atom. The summed E-state index contributed by atoms with van der Waals surface area (Å²) < 4.78 is 0. The molecule has 0 radical (unpaired) electrons. The second kappa shape index (κ2) is 38.3. The predicted molar refractivity (Wildman–Crippen MR) is 210 cm³/mol. The van der Waals surface area contributed by atoms with Crippen molar-refractivity contribution in [1.29, 1.82) is 0 Å². The zero-order valence-electron chi connectivity index (χ0n) is 32.7. The monoisotopic (exact) mass is 696 g/mol. The van der Waals surface area contributed by atoms with E-state index in [1.54, 1.807) is 0 Å². The maximum Gasteiger partial charge on any atom is 0.249 e. The highest BCUT2D eigenvalue weighted by molar-refractivity contribution is 5.80. The number of hydrogen-bond acceptors (Lipinski definition) is 5. The Balaban J connectivity index is 3.75. The molecule has 0 aliphatic rings. The third-order valence-corrected chi connectivity index (χ3v) is 10.2. The van der Waals surface area contributed by atoms with Crippen molar-refractivity contribution in [2.45, 2.75) is 250 Å². The summed E-state index contributed by atoms with van der Waals surface area (Å²) in [7, 11) is 0. The van der Waals surface area contributed by atoms with Gasteiger partial charge < -0.3 is 25.7 Å². The highest BCUT2D eigenvalue weighted by atomic mass is 16.3. The molecular weight excluding hydrogens is 610 g/mol. The molecule has 4 unspecified atom stereocenters. The molecule has 49 heavy (non-hydrogen) atoms. The fourth-order valence-corrected chi connectivity index (χ4v) is 6.76. The molecule has 0 heterocycles. The number of amides is 1. The van der Waals surface area contributed by atoms with Crippen molar-refractivity contribution >= 4 is 5.91 Å². The van der Waals surface area contributed by atoms with Crippen molar-refractivity contribution in [2.75, 3.05) is 6.61 Å². The van der Waals surface area contributed by atoms with Crippen LogP contribution in [0.25, 0.3) is 0 Å². The third-order valence-electron chi connectivity index (χ3n) is 10.2. The Hall–Kier alpha value is -0.950. The lowest BCUT2D eigenvalue weighted by atomic mass is 10.00. The fraction of sp³-hybridized carbons (Fsp3) is 0.930. The lowest BCUT2D eigenvalue weighted by Crippen LogP contribution is -2.53. The highest BCUT2D eigenvalue weighted by Crippen LogP contribution is 2.16. The first kappa shape index (κ1) is 48.0. The van der Waals surface area contributed by atoms with Gasteiger partial charge in [0, 0.05) is 0 Å². The molecule has 0 saturated carbocycles. The molecule has 0 aliphatic heterocycles. The van der Waals surface area contributed by atoms with E-state index in [-0.39, 0.29) is 0 Å². The highest BCUT2D eigenvalue weighted by Gasteiger charge is 2.28. The van der Waals surface area contributed by atoms with E-state index in [9.17, 15) is 25.2 Å². The summed E-state index contributed by atoms with van der Waals surface area (Å²) in [6.07, 6.45) is 41.0. The van der Waals surface area contributed by atoms with Crippen molar-refractivity contribution in [3.05, 3.63) is 12.2 Å². The smallest absolute Gasteiger partial charge is 0.249 e. The van der Waals surface area contributed by atoms with Crippen molar-refractivity contribution in [3.8, 4) is 0 Å². The third kappa shape index (κ3) is 32.7. The lowest BCUT2D eigenvalue weighted by molar-refractivity contribution is -0.132. The number of rotatable bonds is 39. The van der Waals surface area contributed by atoms with Crippen LogP contribution in [0.4, 0.5) is 0 Å². The molecule has 0 spiro atoms. The van der Waals surface area contributed by atoms with E-state index in [4.69, 9.17) is 0 Å². The van der Waals surface area contributed by atoms with E-state index in [1.165, 1.54) is 161 Å². The van der Waals surface area contributed by atoms with Gasteiger partial charge in [-0.2, -0.15) is 0 Å². The number of aliphatic hydroxyl groups excluding tert-OH is 4. The minimum absolute atomic E-state index is 0.368. The quantitative estimate of drug-likeness (QED) is 0.0325. The van der Waals surface area contributed by atoms with Crippen molar-refractivity contribution in [1.82, 2.24) is 5.32 Å². The Bertz CT molecular complexity index is 702. The Kier molecular flexibility index (Phi) is 37.5. The summed E-state index contributed by atoms with van der Waals surface area (Å²) >= 11 is 0. The molecule has 6 nitrogen and oxygen atoms in total. The largest absolute Gasteiger partial charge is 0.394 e. The van der Waals surface area contributed by atoms with E-state index >= 15 is 0 Å². The molecule has 4 atom stereocenters. The van der Waals surface area contributed by atoms with Crippen LogP contribution in [-0.2, 0) is 4.79 Å².